The molecule has 0 fully saturated rings. The van der Waals surface area contributed by atoms with Crippen LogP contribution in [0.5, 0.6) is 0 Å². The molecule has 2 amide bonds. The van der Waals surface area contributed by atoms with E-state index in [1.54, 1.807) is 0 Å². The van der Waals surface area contributed by atoms with Crippen LogP contribution >= 0.6 is 25.3 Å². The van der Waals surface area contributed by atoms with Gasteiger partial charge in [0.15, 0.2) is 0 Å². The molecule has 0 atom stereocenters. The molecule has 0 aliphatic heterocycles. The Morgan fingerprint density at radius 1 is 0.722 bits per heavy atom. The van der Waals surface area contributed by atoms with Crippen LogP contribution in [0.25, 0.3) is 0 Å². The second-order valence-electron chi connectivity index (χ2n) is 4.06. The van der Waals surface area contributed by atoms with E-state index in [1.807, 2.05) is 0 Å². The van der Waals surface area contributed by atoms with E-state index in [-0.39, 0.29) is 11.8 Å². The number of carbonyl (C=O) groups excluding carboxylic acids is 2. The van der Waals surface area contributed by atoms with Crippen molar-refractivity contribution >= 4 is 37.1 Å². The van der Waals surface area contributed by atoms with Gasteiger partial charge in [0.25, 0.3) is 0 Å². The molecule has 0 heterocycles. The highest BCUT2D eigenvalue weighted by atomic mass is 32.1. The van der Waals surface area contributed by atoms with E-state index in [1.165, 1.54) is 0 Å². The van der Waals surface area contributed by atoms with Crippen LogP contribution in [0.4, 0.5) is 0 Å². The first-order valence-electron chi connectivity index (χ1n) is 6.45. The van der Waals surface area contributed by atoms with E-state index in [2.05, 4.69) is 35.9 Å². The molecular formula is C12H24N2O2S2. The molecule has 0 radical (unpaired) electrons. The third kappa shape index (κ3) is 12.1. The molecule has 0 aliphatic carbocycles. The van der Waals surface area contributed by atoms with Gasteiger partial charge in [-0.1, -0.05) is 12.8 Å². The smallest absolute Gasteiger partial charge is 0.220 e. The maximum absolute atomic E-state index is 11.1. The third-order valence-electron chi connectivity index (χ3n) is 2.43. The topological polar surface area (TPSA) is 58.2 Å². The van der Waals surface area contributed by atoms with Crippen molar-refractivity contribution in [2.75, 3.05) is 24.6 Å². The molecule has 6 heteroatoms. The van der Waals surface area contributed by atoms with Gasteiger partial charge in [0.1, 0.15) is 0 Å². The summed E-state index contributed by atoms with van der Waals surface area (Å²) >= 11 is 7.99. The Morgan fingerprint density at radius 2 is 1.11 bits per heavy atom. The van der Waals surface area contributed by atoms with E-state index < -0.39 is 0 Å². The number of unbranched alkanes of at least 4 members (excludes halogenated alkanes) is 3. The van der Waals surface area contributed by atoms with Crippen LogP contribution in [-0.2, 0) is 9.59 Å². The lowest BCUT2D eigenvalue weighted by molar-refractivity contribution is -0.121. The number of thiol groups is 2. The van der Waals surface area contributed by atoms with Crippen molar-refractivity contribution in [1.82, 2.24) is 10.6 Å². The van der Waals surface area contributed by atoms with E-state index >= 15 is 0 Å². The summed E-state index contributed by atoms with van der Waals surface area (Å²) in [6.07, 6.45) is 5.10. The van der Waals surface area contributed by atoms with E-state index in [9.17, 15) is 9.59 Å². The minimum Gasteiger partial charge on any atom is -0.356 e. The zero-order chi connectivity index (χ0) is 13.6. The molecule has 0 rings (SSSR count). The molecule has 0 unspecified atom stereocenters. The normalized spacial score (nSPS) is 10.1. The highest BCUT2D eigenvalue weighted by molar-refractivity contribution is 7.80. The van der Waals surface area contributed by atoms with Crippen molar-refractivity contribution in [2.45, 2.75) is 38.5 Å². The van der Waals surface area contributed by atoms with Gasteiger partial charge in [0.2, 0.25) is 11.8 Å². The van der Waals surface area contributed by atoms with Crippen molar-refractivity contribution in [3.63, 3.8) is 0 Å². The largest absolute Gasteiger partial charge is 0.356 e. The summed E-state index contributed by atoms with van der Waals surface area (Å²) in [5, 5.41) is 5.69. The summed E-state index contributed by atoms with van der Waals surface area (Å²) in [7, 11) is 0. The van der Waals surface area contributed by atoms with Crippen molar-refractivity contribution < 1.29 is 9.59 Å². The van der Waals surface area contributed by atoms with Crippen LogP contribution in [0.1, 0.15) is 38.5 Å². The molecule has 0 aromatic rings. The Balaban J connectivity index is 3.16. The summed E-state index contributed by atoms with van der Waals surface area (Å²) in [4.78, 5) is 22.2. The molecule has 106 valence electrons. The van der Waals surface area contributed by atoms with Gasteiger partial charge in [0, 0.05) is 25.9 Å². The second kappa shape index (κ2) is 13.1. The summed E-state index contributed by atoms with van der Waals surface area (Å²) < 4.78 is 0. The van der Waals surface area contributed by atoms with Crippen LogP contribution in [0, 0.1) is 0 Å². The van der Waals surface area contributed by atoms with Crippen molar-refractivity contribution in [3.05, 3.63) is 0 Å². The summed E-state index contributed by atoms with van der Waals surface area (Å²) in [5.74, 6) is 1.34. The van der Waals surface area contributed by atoms with Crippen molar-refractivity contribution in [1.29, 1.82) is 0 Å². The molecule has 0 aromatic carbocycles. The molecular weight excluding hydrogens is 268 g/mol. The minimum atomic E-state index is 0.0732. The highest BCUT2D eigenvalue weighted by Gasteiger charge is 1.99. The lowest BCUT2D eigenvalue weighted by Crippen LogP contribution is -2.25. The standard InChI is InChI=1S/C12H24N2O2S2/c15-11(5-9-17)13-7-3-1-2-4-8-14-12(16)6-10-18/h17-18H,1-10H2,(H,13,15)(H,14,16). The van der Waals surface area contributed by atoms with Crippen LogP contribution in [0.3, 0.4) is 0 Å². The molecule has 18 heavy (non-hydrogen) atoms. The van der Waals surface area contributed by atoms with Gasteiger partial charge in [-0.05, 0) is 24.3 Å². The Kier molecular flexibility index (Phi) is 12.8. The van der Waals surface area contributed by atoms with Gasteiger partial charge in [-0.25, -0.2) is 0 Å². The minimum absolute atomic E-state index is 0.0732. The number of nitrogens with one attached hydrogen (secondary N) is 2. The Morgan fingerprint density at radius 3 is 1.44 bits per heavy atom. The Hall–Kier alpha value is -0.360. The fourth-order valence-corrected chi connectivity index (χ4v) is 1.85. The number of amides is 2. The summed E-state index contributed by atoms with van der Waals surface area (Å²) in [6.45, 7) is 1.47. The zero-order valence-corrected chi connectivity index (χ0v) is 12.6. The lowest BCUT2D eigenvalue weighted by atomic mass is 10.2. The SMILES string of the molecule is O=C(CCS)NCCCCCCNC(=O)CCS. The highest BCUT2D eigenvalue weighted by Crippen LogP contribution is 1.98. The van der Waals surface area contributed by atoms with E-state index in [0.717, 1.165) is 38.8 Å². The predicted molar refractivity (Wildman–Crippen MR) is 81.4 cm³/mol. The van der Waals surface area contributed by atoms with Crippen LogP contribution in [-0.4, -0.2) is 36.4 Å². The van der Waals surface area contributed by atoms with Crippen molar-refractivity contribution in [3.8, 4) is 0 Å². The molecule has 4 nitrogen and oxygen atoms in total. The van der Waals surface area contributed by atoms with Crippen molar-refractivity contribution in [2.24, 2.45) is 0 Å². The molecule has 2 N–H and O–H groups in total. The predicted octanol–water partition coefficient (Wildman–Crippen LogP) is 1.42. The summed E-state index contributed by atoms with van der Waals surface area (Å²) in [5.41, 5.74) is 0. The fraction of sp³-hybridized carbons (Fsp3) is 0.833. The lowest BCUT2D eigenvalue weighted by Gasteiger charge is -2.05. The van der Waals surface area contributed by atoms with Crippen LogP contribution in [0.15, 0.2) is 0 Å². The molecule has 0 aliphatic rings. The average Bonchev–Trinajstić information content (AvgIpc) is 2.33. The number of rotatable bonds is 11. The van der Waals surface area contributed by atoms with Gasteiger partial charge in [-0.15, -0.1) is 0 Å². The van der Waals surface area contributed by atoms with Gasteiger partial charge >= 0.3 is 0 Å². The average molecular weight is 292 g/mol. The van der Waals surface area contributed by atoms with Gasteiger partial charge < -0.3 is 10.6 Å². The number of hydrogen-bond acceptors (Lipinski definition) is 4. The van der Waals surface area contributed by atoms with Gasteiger partial charge in [-0.2, -0.15) is 25.3 Å². The van der Waals surface area contributed by atoms with E-state index in [4.69, 9.17) is 0 Å². The zero-order valence-electron chi connectivity index (χ0n) is 10.8. The first-order chi connectivity index (χ1) is 8.70. The molecule has 0 saturated carbocycles. The fourth-order valence-electron chi connectivity index (χ4n) is 1.44. The van der Waals surface area contributed by atoms with Gasteiger partial charge in [-0.3, -0.25) is 9.59 Å². The van der Waals surface area contributed by atoms with Crippen LogP contribution in [0.2, 0.25) is 0 Å². The quantitative estimate of drug-likeness (QED) is 0.344. The van der Waals surface area contributed by atoms with Crippen LogP contribution < -0.4 is 10.6 Å². The molecule has 0 bridgehead atoms. The van der Waals surface area contributed by atoms with E-state index in [0.29, 0.717) is 24.3 Å². The number of carbonyl (C=O) groups is 2. The molecule has 0 saturated heterocycles. The first-order valence-corrected chi connectivity index (χ1v) is 7.72. The second-order valence-corrected chi connectivity index (χ2v) is 4.96. The summed E-state index contributed by atoms with van der Waals surface area (Å²) in [6, 6.07) is 0. The third-order valence-corrected chi connectivity index (χ3v) is 2.87. The monoisotopic (exact) mass is 292 g/mol. The molecule has 0 spiro atoms. The first kappa shape index (κ1) is 17.6. The maximum Gasteiger partial charge on any atom is 0.220 e. The molecule has 0 aromatic heterocycles. The maximum atomic E-state index is 11.1. The van der Waals surface area contributed by atoms with Gasteiger partial charge in [0.05, 0.1) is 0 Å². The number of hydrogen-bond donors (Lipinski definition) is 4. The Bertz CT molecular complexity index is 214. The Labute approximate surface area is 120 Å².